The first-order valence-corrected chi connectivity index (χ1v) is 12.9. The summed E-state index contributed by atoms with van der Waals surface area (Å²) in [5, 5.41) is 0. The van der Waals surface area contributed by atoms with Crippen LogP contribution >= 0.6 is 0 Å². The molecule has 3 heterocycles. The van der Waals surface area contributed by atoms with E-state index in [4.69, 9.17) is 23.9 Å². The van der Waals surface area contributed by atoms with Crippen LogP contribution in [-0.2, 0) is 26.2 Å². The molecule has 0 fully saturated rings. The number of hydrogen-bond donors (Lipinski definition) is 0. The summed E-state index contributed by atoms with van der Waals surface area (Å²) in [5.74, 6) is 3.21. The van der Waals surface area contributed by atoms with Gasteiger partial charge in [-0.3, -0.25) is 4.90 Å². The second-order valence-electron chi connectivity index (χ2n) is 9.47. The van der Waals surface area contributed by atoms with Gasteiger partial charge in [0.15, 0.2) is 23.0 Å². The SMILES string of the molecule is CCCCn1cnc(-c2ccccc2)c1CN(Cc1ccc2c(c1)OCO2)Cc1ccc2c(c1)OCO2. The van der Waals surface area contributed by atoms with E-state index in [0.717, 1.165) is 73.3 Å². The van der Waals surface area contributed by atoms with Crippen molar-refractivity contribution in [1.82, 2.24) is 14.5 Å². The summed E-state index contributed by atoms with van der Waals surface area (Å²) in [5.41, 5.74) is 5.75. The van der Waals surface area contributed by atoms with Gasteiger partial charge in [0.2, 0.25) is 13.6 Å². The van der Waals surface area contributed by atoms with Crippen LogP contribution in [0.3, 0.4) is 0 Å². The minimum absolute atomic E-state index is 0.275. The van der Waals surface area contributed by atoms with E-state index in [9.17, 15) is 0 Å². The molecule has 37 heavy (non-hydrogen) atoms. The smallest absolute Gasteiger partial charge is 0.231 e. The molecule has 0 amide bonds. The maximum absolute atomic E-state index is 5.65. The van der Waals surface area contributed by atoms with Gasteiger partial charge in [-0.1, -0.05) is 55.8 Å². The van der Waals surface area contributed by atoms with Crippen molar-refractivity contribution in [2.24, 2.45) is 0 Å². The van der Waals surface area contributed by atoms with Crippen LogP contribution in [0.25, 0.3) is 11.3 Å². The molecule has 190 valence electrons. The lowest BCUT2D eigenvalue weighted by Gasteiger charge is -2.24. The number of fused-ring (bicyclic) bond motifs is 2. The molecule has 3 aromatic carbocycles. The minimum Gasteiger partial charge on any atom is -0.454 e. The molecule has 0 bridgehead atoms. The number of benzene rings is 3. The summed E-state index contributed by atoms with van der Waals surface area (Å²) in [6, 6.07) is 22.9. The van der Waals surface area contributed by atoms with Gasteiger partial charge in [-0.05, 0) is 41.8 Å². The van der Waals surface area contributed by atoms with Crippen molar-refractivity contribution in [2.45, 2.75) is 45.9 Å². The van der Waals surface area contributed by atoms with Crippen LogP contribution in [0, 0.1) is 0 Å². The van der Waals surface area contributed by atoms with Crippen molar-refractivity contribution >= 4 is 0 Å². The standard InChI is InChI=1S/C30H31N3O4/c1-2-3-13-33-19-31-30(24-7-5-4-6-8-24)25(33)18-32(16-22-9-11-26-28(14-22)36-20-34-26)17-23-10-12-27-29(15-23)37-21-35-27/h4-12,14-15,19H,2-3,13,16-18,20-21H2,1H3. The molecule has 0 unspecified atom stereocenters. The summed E-state index contributed by atoms with van der Waals surface area (Å²) in [6.07, 6.45) is 4.24. The molecule has 0 N–H and O–H groups in total. The van der Waals surface area contributed by atoms with Crippen molar-refractivity contribution in [3.05, 3.63) is 89.9 Å². The third-order valence-corrected chi connectivity index (χ3v) is 6.81. The number of rotatable bonds is 10. The molecule has 0 spiro atoms. The number of aromatic nitrogens is 2. The molecule has 0 saturated carbocycles. The lowest BCUT2D eigenvalue weighted by Crippen LogP contribution is -2.24. The van der Waals surface area contributed by atoms with Crippen LogP contribution in [0.5, 0.6) is 23.0 Å². The summed E-state index contributed by atoms with van der Waals surface area (Å²) in [6.45, 7) is 5.97. The molecular formula is C30H31N3O4. The first-order valence-electron chi connectivity index (χ1n) is 12.9. The maximum Gasteiger partial charge on any atom is 0.231 e. The van der Waals surface area contributed by atoms with Crippen molar-refractivity contribution in [3.8, 4) is 34.3 Å². The van der Waals surface area contributed by atoms with Crippen LogP contribution in [0.2, 0.25) is 0 Å². The van der Waals surface area contributed by atoms with Crippen LogP contribution < -0.4 is 18.9 Å². The number of aryl methyl sites for hydroxylation is 1. The van der Waals surface area contributed by atoms with Gasteiger partial charge < -0.3 is 23.5 Å². The van der Waals surface area contributed by atoms with Gasteiger partial charge in [-0.15, -0.1) is 0 Å². The van der Waals surface area contributed by atoms with E-state index in [1.807, 2.05) is 24.5 Å². The van der Waals surface area contributed by atoms with Gasteiger partial charge in [0.1, 0.15) is 0 Å². The normalized spacial score (nSPS) is 13.5. The summed E-state index contributed by atoms with van der Waals surface area (Å²) >= 11 is 0. The molecule has 4 aromatic rings. The summed E-state index contributed by atoms with van der Waals surface area (Å²) < 4.78 is 24.7. The third kappa shape index (κ3) is 5.13. The Kier molecular flexibility index (Phi) is 6.69. The van der Waals surface area contributed by atoms with Crippen LogP contribution in [0.15, 0.2) is 73.1 Å². The molecule has 0 radical (unpaired) electrons. The van der Waals surface area contributed by atoms with Gasteiger partial charge in [-0.2, -0.15) is 0 Å². The van der Waals surface area contributed by atoms with Gasteiger partial charge in [-0.25, -0.2) is 4.98 Å². The number of nitrogens with zero attached hydrogens (tertiary/aromatic N) is 3. The fourth-order valence-electron chi connectivity index (χ4n) is 4.91. The average Bonchev–Trinajstić information content (AvgIpc) is 3.67. The Morgan fingerprint density at radius 2 is 1.38 bits per heavy atom. The lowest BCUT2D eigenvalue weighted by atomic mass is 10.1. The number of imidazole rings is 1. The Morgan fingerprint density at radius 3 is 2.00 bits per heavy atom. The van der Waals surface area contributed by atoms with Crippen molar-refractivity contribution in [1.29, 1.82) is 0 Å². The highest BCUT2D eigenvalue weighted by atomic mass is 16.7. The highest BCUT2D eigenvalue weighted by molar-refractivity contribution is 5.61. The molecule has 7 heteroatoms. The Bertz CT molecular complexity index is 1310. The molecule has 2 aliphatic rings. The van der Waals surface area contributed by atoms with Crippen molar-refractivity contribution in [3.63, 3.8) is 0 Å². The van der Waals surface area contributed by atoms with E-state index in [1.165, 1.54) is 16.8 Å². The molecule has 7 nitrogen and oxygen atoms in total. The van der Waals surface area contributed by atoms with Crippen molar-refractivity contribution < 1.29 is 18.9 Å². The second-order valence-corrected chi connectivity index (χ2v) is 9.47. The Hall–Kier alpha value is -3.97. The average molecular weight is 498 g/mol. The van der Waals surface area contributed by atoms with E-state index in [-0.39, 0.29) is 13.6 Å². The largest absolute Gasteiger partial charge is 0.454 e. The Morgan fingerprint density at radius 1 is 0.757 bits per heavy atom. The molecule has 0 aliphatic carbocycles. The maximum atomic E-state index is 5.65. The molecule has 1 aromatic heterocycles. The van der Waals surface area contributed by atoms with Gasteiger partial charge in [0.05, 0.1) is 17.7 Å². The quantitative estimate of drug-likeness (QED) is 0.267. The Balaban J connectivity index is 1.33. The molecule has 6 rings (SSSR count). The zero-order valence-corrected chi connectivity index (χ0v) is 21.1. The van der Waals surface area contributed by atoms with Crippen LogP contribution in [-0.4, -0.2) is 28.0 Å². The molecule has 0 saturated heterocycles. The zero-order chi connectivity index (χ0) is 25.0. The zero-order valence-electron chi connectivity index (χ0n) is 21.1. The third-order valence-electron chi connectivity index (χ3n) is 6.81. The van der Waals surface area contributed by atoms with Gasteiger partial charge in [0, 0.05) is 31.7 Å². The Labute approximate surface area is 217 Å². The molecule has 0 atom stereocenters. The fourth-order valence-corrected chi connectivity index (χ4v) is 4.91. The number of ether oxygens (including phenoxy) is 4. The van der Waals surface area contributed by atoms with Crippen LogP contribution in [0.4, 0.5) is 0 Å². The van der Waals surface area contributed by atoms with E-state index >= 15 is 0 Å². The first-order chi connectivity index (χ1) is 18.3. The van der Waals surface area contributed by atoms with Crippen LogP contribution in [0.1, 0.15) is 36.6 Å². The van der Waals surface area contributed by atoms with E-state index in [0.29, 0.717) is 0 Å². The lowest BCUT2D eigenvalue weighted by molar-refractivity contribution is 0.173. The highest BCUT2D eigenvalue weighted by Gasteiger charge is 2.20. The summed E-state index contributed by atoms with van der Waals surface area (Å²) in [7, 11) is 0. The monoisotopic (exact) mass is 497 g/mol. The van der Waals surface area contributed by atoms with E-state index < -0.39 is 0 Å². The van der Waals surface area contributed by atoms with Gasteiger partial charge >= 0.3 is 0 Å². The molecular weight excluding hydrogens is 466 g/mol. The van der Waals surface area contributed by atoms with E-state index in [2.05, 4.69) is 64.9 Å². The summed E-state index contributed by atoms with van der Waals surface area (Å²) in [4.78, 5) is 7.31. The fraction of sp³-hybridized carbons (Fsp3) is 0.300. The topological polar surface area (TPSA) is 58.0 Å². The van der Waals surface area contributed by atoms with E-state index in [1.54, 1.807) is 0 Å². The van der Waals surface area contributed by atoms with Gasteiger partial charge in [0.25, 0.3) is 0 Å². The number of hydrogen-bond acceptors (Lipinski definition) is 6. The minimum atomic E-state index is 0.275. The molecule has 2 aliphatic heterocycles. The highest BCUT2D eigenvalue weighted by Crippen LogP contribution is 2.35. The first kappa shape index (κ1) is 23.4. The predicted molar refractivity (Wildman–Crippen MR) is 141 cm³/mol. The second kappa shape index (κ2) is 10.6. The van der Waals surface area contributed by atoms with Crippen molar-refractivity contribution in [2.75, 3.05) is 13.6 Å². The number of unbranched alkanes of at least 4 members (excludes halogenated alkanes) is 1. The predicted octanol–water partition coefficient (Wildman–Crippen LogP) is 6.01.